The van der Waals surface area contributed by atoms with Crippen molar-refractivity contribution in [2.75, 3.05) is 25.6 Å². The molecule has 0 aliphatic carbocycles. The minimum absolute atomic E-state index is 0.0848. The van der Waals surface area contributed by atoms with Crippen molar-refractivity contribution < 1.29 is 14.3 Å². The summed E-state index contributed by atoms with van der Waals surface area (Å²) >= 11 is 20.7. The summed E-state index contributed by atoms with van der Waals surface area (Å²) in [4.78, 5) is 12.4. The molecule has 0 aliphatic heterocycles. The van der Waals surface area contributed by atoms with E-state index in [-0.39, 0.29) is 11.0 Å². The number of para-hydroxylation sites is 1. The van der Waals surface area contributed by atoms with Gasteiger partial charge in [0.25, 0.3) is 5.91 Å². The minimum Gasteiger partial charge on any atom is -0.490 e. The van der Waals surface area contributed by atoms with Gasteiger partial charge in [-0.3, -0.25) is 10.1 Å². The van der Waals surface area contributed by atoms with Gasteiger partial charge in [0.2, 0.25) is 0 Å². The topological polar surface area (TPSA) is 59.6 Å². The molecule has 138 valence electrons. The molecule has 0 atom stereocenters. The summed E-state index contributed by atoms with van der Waals surface area (Å²) in [5, 5.41) is 6.29. The fraction of sp³-hybridized carbons (Fsp3) is 0.176. The Kier molecular flexibility index (Phi) is 8.12. The largest absolute Gasteiger partial charge is 0.490 e. The van der Waals surface area contributed by atoms with E-state index in [4.69, 9.17) is 44.9 Å². The summed E-state index contributed by atoms with van der Waals surface area (Å²) in [7, 11) is 1.60. The van der Waals surface area contributed by atoms with Crippen LogP contribution in [0.3, 0.4) is 0 Å². The van der Waals surface area contributed by atoms with Crippen LogP contribution in [0.25, 0.3) is 0 Å². The van der Waals surface area contributed by atoms with Crippen LogP contribution in [0.1, 0.15) is 10.4 Å². The number of carbonyl (C=O) groups excluding carboxylic acids is 1. The average Bonchev–Trinajstić information content (AvgIpc) is 2.59. The van der Waals surface area contributed by atoms with Crippen LogP contribution in [0.5, 0.6) is 5.75 Å². The Bertz CT molecular complexity index is 800. The fourth-order valence-electron chi connectivity index (χ4n) is 1.93. The lowest BCUT2D eigenvalue weighted by Crippen LogP contribution is -2.34. The zero-order valence-corrected chi connectivity index (χ0v) is 17.6. The zero-order valence-electron chi connectivity index (χ0n) is 13.6. The number of anilines is 1. The molecule has 0 radical (unpaired) electrons. The van der Waals surface area contributed by atoms with Gasteiger partial charge in [0, 0.05) is 12.7 Å². The molecule has 0 aliphatic rings. The van der Waals surface area contributed by atoms with Gasteiger partial charge in [-0.2, -0.15) is 0 Å². The van der Waals surface area contributed by atoms with Gasteiger partial charge in [-0.05, 0) is 58.5 Å². The van der Waals surface area contributed by atoms with E-state index in [2.05, 4.69) is 26.6 Å². The van der Waals surface area contributed by atoms with E-state index >= 15 is 0 Å². The quantitative estimate of drug-likeness (QED) is 0.457. The first-order chi connectivity index (χ1) is 12.4. The van der Waals surface area contributed by atoms with Crippen molar-refractivity contribution in [2.24, 2.45) is 0 Å². The number of benzene rings is 2. The molecule has 2 aromatic carbocycles. The molecule has 0 saturated carbocycles. The highest BCUT2D eigenvalue weighted by atomic mass is 79.9. The number of methoxy groups -OCH3 is 1. The Hall–Kier alpha value is -1.38. The summed E-state index contributed by atoms with van der Waals surface area (Å²) in [6.45, 7) is 0.881. The third kappa shape index (κ3) is 5.82. The van der Waals surface area contributed by atoms with Crippen LogP contribution in [-0.4, -0.2) is 31.3 Å². The van der Waals surface area contributed by atoms with Gasteiger partial charge in [-0.25, -0.2) is 0 Å². The van der Waals surface area contributed by atoms with Crippen molar-refractivity contribution in [3.8, 4) is 5.75 Å². The van der Waals surface area contributed by atoms with E-state index in [1.807, 2.05) is 0 Å². The molecule has 0 heterocycles. The molecule has 5 nitrogen and oxygen atoms in total. The average molecular weight is 478 g/mol. The van der Waals surface area contributed by atoms with Crippen molar-refractivity contribution in [1.82, 2.24) is 5.32 Å². The number of rotatable bonds is 6. The lowest BCUT2D eigenvalue weighted by atomic mass is 10.2. The number of hydrogen-bond donors (Lipinski definition) is 2. The highest BCUT2D eigenvalue weighted by Crippen LogP contribution is 2.30. The molecular weight excluding hydrogens is 463 g/mol. The molecule has 0 saturated heterocycles. The smallest absolute Gasteiger partial charge is 0.257 e. The number of hydrogen-bond acceptors (Lipinski definition) is 4. The number of carbonyl (C=O) groups is 1. The Labute approximate surface area is 175 Å². The molecule has 0 bridgehead atoms. The lowest BCUT2D eigenvalue weighted by Gasteiger charge is -2.13. The molecule has 0 spiro atoms. The predicted molar refractivity (Wildman–Crippen MR) is 112 cm³/mol. The molecule has 0 aromatic heterocycles. The van der Waals surface area contributed by atoms with E-state index in [1.165, 1.54) is 0 Å². The first kappa shape index (κ1) is 20.9. The summed E-state index contributed by atoms with van der Waals surface area (Å²) in [5.74, 6) is 0.233. The number of amides is 1. The van der Waals surface area contributed by atoms with Crippen LogP contribution in [0.15, 0.2) is 40.9 Å². The molecule has 0 fully saturated rings. The Morgan fingerprint density at radius 3 is 2.50 bits per heavy atom. The number of ether oxygens (including phenoxy) is 2. The standard InChI is InChI=1S/C17H15BrCl2N2O3S/c1-24-7-8-25-14-6-5-10(9-11(14)18)16(23)22-17(26)21-15-12(19)3-2-4-13(15)20/h2-6,9H,7-8H2,1H3,(H2,21,22,23,26). The van der Waals surface area contributed by atoms with Gasteiger partial charge in [0.05, 0.1) is 26.8 Å². The number of halogens is 3. The summed E-state index contributed by atoms with van der Waals surface area (Å²) < 4.78 is 11.1. The first-order valence-electron chi connectivity index (χ1n) is 7.40. The molecule has 9 heteroatoms. The highest BCUT2D eigenvalue weighted by Gasteiger charge is 2.13. The molecule has 26 heavy (non-hydrogen) atoms. The van der Waals surface area contributed by atoms with E-state index in [0.717, 1.165) is 0 Å². The fourth-order valence-corrected chi connectivity index (χ4v) is 3.11. The third-order valence-corrected chi connectivity index (χ3v) is 4.62. The van der Waals surface area contributed by atoms with E-state index in [0.29, 0.717) is 44.7 Å². The third-order valence-electron chi connectivity index (χ3n) is 3.17. The predicted octanol–water partition coefficient (Wildman–Crippen LogP) is 4.91. The Morgan fingerprint density at radius 2 is 1.88 bits per heavy atom. The second-order valence-electron chi connectivity index (χ2n) is 4.99. The van der Waals surface area contributed by atoms with Crippen LogP contribution in [0.2, 0.25) is 10.0 Å². The summed E-state index contributed by atoms with van der Waals surface area (Å²) in [5.41, 5.74) is 0.842. The Morgan fingerprint density at radius 1 is 1.19 bits per heavy atom. The molecule has 0 unspecified atom stereocenters. The van der Waals surface area contributed by atoms with Gasteiger partial charge >= 0.3 is 0 Å². The summed E-state index contributed by atoms with van der Waals surface area (Å²) in [6.07, 6.45) is 0. The summed E-state index contributed by atoms with van der Waals surface area (Å²) in [6, 6.07) is 10.0. The maximum atomic E-state index is 12.4. The SMILES string of the molecule is COCCOc1ccc(C(=O)NC(=S)Nc2c(Cl)cccc2Cl)cc1Br. The molecular formula is C17H15BrCl2N2O3S. The molecule has 2 rings (SSSR count). The van der Waals surface area contributed by atoms with Gasteiger partial charge < -0.3 is 14.8 Å². The van der Waals surface area contributed by atoms with Gasteiger partial charge in [0.15, 0.2) is 5.11 Å². The van der Waals surface area contributed by atoms with Crippen LogP contribution < -0.4 is 15.4 Å². The number of nitrogens with one attached hydrogen (secondary N) is 2. The van der Waals surface area contributed by atoms with Crippen molar-refractivity contribution in [3.05, 3.63) is 56.5 Å². The number of thiocarbonyl (C=S) groups is 1. The van der Waals surface area contributed by atoms with Crippen LogP contribution in [0.4, 0.5) is 5.69 Å². The van der Waals surface area contributed by atoms with E-state index < -0.39 is 0 Å². The zero-order chi connectivity index (χ0) is 19.1. The maximum absolute atomic E-state index is 12.4. The van der Waals surface area contributed by atoms with Gasteiger partial charge in [0.1, 0.15) is 12.4 Å². The second kappa shape index (κ2) is 10.1. The monoisotopic (exact) mass is 476 g/mol. The molecule has 2 N–H and O–H groups in total. The van der Waals surface area contributed by atoms with Gasteiger partial charge in [-0.1, -0.05) is 29.3 Å². The van der Waals surface area contributed by atoms with Crippen LogP contribution in [-0.2, 0) is 4.74 Å². The van der Waals surface area contributed by atoms with Crippen LogP contribution in [0, 0.1) is 0 Å². The Balaban J connectivity index is 2.00. The van der Waals surface area contributed by atoms with Crippen molar-refractivity contribution in [3.63, 3.8) is 0 Å². The lowest BCUT2D eigenvalue weighted by molar-refractivity contribution is 0.0977. The van der Waals surface area contributed by atoms with E-state index in [9.17, 15) is 4.79 Å². The molecule has 1 amide bonds. The van der Waals surface area contributed by atoms with Gasteiger partial charge in [-0.15, -0.1) is 0 Å². The van der Waals surface area contributed by atoms with E-state index in [1.54, 1.807) is 43.5 Å². The van der Waals surface area contributed by atoms with Crippen molar-refractivity contribution in [2.45, 2.75) is 0 Å². The highest BCUT2D eigenvalue weighted by molar-refractivity contribution is 9.10. The second-order valence-corrected chi connectivity index (χ2v) is 7.07. The van der Waals surface area contributed by atoms with Crippen LogP contribution >= 0.6 is 51.3 Å². The maximum Gasteiger partial charge on any atom is 0.257 e. The first-order valence-corrected chi connectivity index (χ1v) is 9.35. The normalized spacial score (nSPS) is 10.3. The van der Waals surface area contributed by atoms with Crippen molar-refractivity contribution >= 4 is 68.1 Å². The minimum atomic E-state index is -0.380. The molecule has 2 aromatic rings. The van der Waals surface area contributed by atoms with Crippen molar-refractivity contribution in [1.29, 1.82) is 0 Å².